The number of pyridine rings is 1. The third kappa shape index (κ3) is 2.13. The molecule has 1 saturated carbocycles. The molecule has 2 unspecified atom stereocenters. The summed E-state index contributed by atoms with van der Waals surface area (Å²) in [5, 5.41) is 14.9. The molecule has 2 aliphatic rings. The molecule has 1 aliphatic heterocycles. The van der Waals surface area contributed by atoms with Crippen LogP contribution in [0.25, 0.3) is 11.3 Å². The third-order valence-corrected chi connectivity index (χ3v) is 6.52. The van der Waals surface area contributed by atoms with Crippen LogP contribution in [0.1, 0.15) is 45.6 Å². The Morgan fingerprint density at radius 3 is 2.69 bits per heavy atom. The first-order valence-electron chi connectivity index (χ1n) is 9.08. The predicted octanol–water partition coefficient (Wildman–Crippen LogP) is 4.27. The molecule has 0 saturated heterocycles. The number of nitrogens with zero attached hydrogens (tertiary/aromatic N) is 1. The minimum Gasteiger partial charge on any atom is -0.481 e. The van der Waals surface area contributed by atoms with Gasteiger partial charge in [0.05, 0.1) is 23.9 Å². The first kappa shape index (κ1) is 17.3. The molecule has 2 N–H and O–H groups in total. The number of aliphatic hydroxyl groups is 1. The molecule has 0 bridgehead atoms. The minimum atomic E-state index is -0.885. The minimum absolute atomic E-state index is 0.333. The predicted molar refractivity (Wildman–Crippen MR) is 100 cm³/mol. The molecule has 4 nitrogen and oxygen atoms in total. The van der Waals surface area contributed by atoms with Gasteiger partial charge in [-0.2, -0.15) is 0 Å². The van der Waals surface area contributed by atoms with Gasteiger partial charge in [0.15, 0.2) is 0 Å². The lowest BCUT2D eigenvalue weighted by molar-refractivity contribution is -0.0628. The van der Waals surface area contributed by atoms with Crippen molar-refractivity contribution >= 4 is 5.69 Å². The van der Waals surface area contributed by atoms with Crippen LogP contribution in [0.4, 0.5) is 10.1 Å². The Kier molecular flexibility index (Phi) is 3.61. The van der Waals surface area contributed by atoms with Gasteiger partial charge in [0.2, 0.25) is 5.88 Å². The van der Waals surface area contributed by atoms with Crippen molar-refractivity contribution in [1.82, 2.24) is 4.98 Å². The van der Waals surface area contributed by atoms with E-state index < -0.39 is 16.6 Å². The van der Waals surface area contributed by atoms with Gasteiger partial charge in [-0.05, 0) is 56.9 Å². The van der Waals surface area contributed by atoms with Crippen molar-refractivity contribution in [2.75, 3.05) is 12.4 Å². The first-order chi connectivity index (χ1) is 12.2. The van der Waals surface area contributed by atoms with Gasteiger partial charge in [-0.25, -0.2) is 9.37 Å². The van der Waals surface area contributed by atoms with Crippen LogP contribution in [0.15, 0.2) is 30.3 Å². The molecular formula is C21H25FN2O2. The molecule has 5 heteroatoms. The zero-order valence-corrected chi connectivity index (χ0v) is 15.7. The SMILES string of the molecule is COc1cccc(-c2cc3c(cc2F)NC(C)(C)C2(O)CCCC32C)n1. The first-order valence-corrected chi connectivity index (χ1v) is 9.08. The maximum Gasteiger partial charge on any atom is 0.213 e. The Hall–Kier alpha value is -2.14. The largest absolute Gasteiger partial charge is 0.481 e. The highest BCUT2D eigenvalue weighted by molar-refractivity contribution is 5.71. The van der Waals surface area contributed by atoms with E-state index in [1.165, 1.54) is 6.07 Å². The van der Waals surface area contributed by atoms with Crippen LogP contribution in [0.3, 0.4) is 0 Å². The molecule has 4 rings (SSSR count). The number of hydrogen-bond acceptors (Lipinski definition) is 4. The van der Waals surface area contributed by atoms with Crippen LogP contribution in [0.5, 0.6) is 5.88 Å². The Morgan fingerprint density at radius 1 is 1.19 bits per heavy atom. The fourth-order valence-corrected chi connectivity index (χ4v) is 4.99. The normalized spacial score (nSPS) is 28.8. The van der Waals surface area contributed by atoms with Gasteiger partial charge in [-0.1, -0.05) is 13.0 Å². The Labute approximate surface area is 153 Å². The molecule has 1 aliphatic carbocycles. The number of benzene rings is 1. The lowest BCUT2D eigenvalue weighted by Crippen LogP contribution is -2.65. The van der Waals surface area contributed by atoms with Gasteiger partial charge in [0.25, 0.3) is 0 Å². The van der Waals surface area contributed by atoms with Crippen LogP contribution < -0.4 is 10.1 Å². The van der Waals surface area contributed by atoms with Crippen molar-refractivity contribution in [3.63, 3.8) is 0 Å². The van der Waals surface area contributed by atoms with Crippen molar-refractivity contribution in [2.24, 2.45) is 0 Å². The highest BCUT2D eigenvalue weighted by atomic mass is 19.1. The zero-order valence-electron chi connectivity index (χ0n) is 15.7. The van der Waals surface area contributed by atoms with Gasteiger partial charge < -0.3 is 15.2 Å². The molecule has 0 amide bonds. The van der Waals surface area contributed by atoms with Crippen molar-refractivity contribution in [2.45, 2.75) is 56.6 Å². The molecule has 0 radical (unpaired) electrons. The van der Waals surface area contributed by atoms with Crippen molar-refractivity contribution in [1.29, 1.82) is 0 Å². The number of rotatable bonds is 2. The van der Waals surface area contributed by atoms with Gasteiger partial charge >= 0.3 is 0 Å². The second-order valence-electron chi connectivity index (χ2n) is 8.24. The van der Waals surface area contributed by atoms with Crippen LogP contribution >= 0.6 is 0 Å². The average Bonchev–Trinajstić information content (AvgIpc) is 2.92. The highest BCUT2D eigenvalue weighted by Gasteiger charge is 2.62. The second kappa shape index (κ2) is 5.43. The van der Waals surface area contributed by atoms with Crippen molar-refractivity contribution in [3.05, 3.63) is 41.7 Å². The van der Waals surface area contributed by atoms with Crippen molar-refractivity contribution < 1.29 is 14.2 Å². The Balaban J connectivity index is 1.93. The van der Waals surface area contributed by atoms with Gasteiger partial charge in [-0.15, -0.1) is 0 Å². The topological polar surface area (TPSA) is 54.4 Å². The van der Waals surface area contributed by atoms with E-state index in [1.807, 2.05) is 19.9 Å². The van der Waals surface area contributed by atoms with Gasteiger partial charge in [0.1, 0.15) is 5.82 Å². The molecule has 2 aromatic rings. The summed E-state index contributed by atoms with van der Waals surface area (Å²) >= 11 is 0. The molecule has 138 valence electrons. The summed E-state index contributed by atoms with van der Waals surface area (Å²) in [6, 6.07) is 8.70. The van der Waals surface area contributed by atoms with E-state index in [2.05, 4.69) is 17.2 Å². The molecule has 0 spiro atoms. The summed E-state index contributed by atoms with van der Waals surface area (Å²) in [7, 11) is 1.54. The summed E-state index contributed by atoms with van der Waals surface area (Å²) in [5.41, 5.74) is 0.820. The number of fused-ring (bicyclic) bond motifs is 3. The molecule has 1 aromatic carbocycles. The van der Waals surface area contributed by atoms with E-state index in [4.69, 9.17) is 4.74 Å². The van der Waals surface area contributed by atoms with Crippen molar-refractivity contribution in [3.8, 4) is 17.1 Å². The van der Waals surface area contributed by atoms with E-state index in [1.54, 1.807) is 25.3 Å². The van der Waals surface area contributed by atoms with Crippen LogP contribution in [-0.2, 0) is 5.41 Å². The molecule has 1 aromatic heterocycles. The highest BCUT2D eigenvalue weighted by Crippen LogP contribution is 2.59. The van der Waals surface area contributed by atoms with E-state index in [0.717, 1.165) is 30.5 Å². The quantitative estimate of drug-likeness (QED) is 0.844. The summed E-state index contributed by atoms with van der Waals surface area (Å²) in [6.07, 6.45) is 2.55. The van der Waals surface area contributed by atoms with Crippen LogP contribution in [-0.4, -0.2) is 28.3 Å². The summed E-state index contributed by atoms with van der Waals surface area (Å²) in [5.74, 6) is 0.113. The number of hydrogen-bond donors (Lipinski definition) is 2. The van der Waals surface area contributed by atoms with Gasteiger partial charge in [-0.3, -0.25) is 0 Å². The number of nitrogens with one attached hydrogen (secondary N) is 1. The molecule has 2 atom stereocenters. The van der Waals surface area contributed by atoms with E-state index >= 15 is 0 Å². The van der Waals surface area contributed by atoms with E-state index in [-0.39, 0.29) is 5.82 Å². The molecule has 26 heavy (non-hydrogen) atoms. The lowest BCUT2D eigenvalue weighted by atomic mass is 9.60. The maximum absolute atomic E-state index is 14.9. The smallest absolute Gasteiger partial charge is 0.213 e. The second-order valence-corrected chi connectivity index (χ2v) is 8.24. The molecular weight excluding hydrogens is 331 g/mol. The maximum atomic E-state index is 14.9. The monoisotopic (exact) mass is 356 g/mol. The number of aromatic nitrogens is 1. The van der Waals surface area contributed by atoms with E-state index in [0.29, 0.717) is 17.1 Å². The Morgan fingerprint density at radius 2 is 1.96 bits per heavy atom. The standard InChI is InChI=1S/C21H25FN2O2/c1-19(2)21(25)10-6-9-20(21,3)14-11-13(15(22)12-17(14)24-19)16-7-5-8-18(23-16)26-4/h5,7-8,11-12,24-25H,6,9-10H2,1-4H3. The number of methoxy groups -OCH3 is 1. The summed E-state index contributed by atoms with van der Waals surface area (Å²) < 4.78 is 20.1. The summed E-state index contributed by atoms with van der Waals surface area (Å²) in [6.45, 7) is 6.09. The molecule has 1 fully saturated rings. The Bertz CT molecular complexity index is 882. The lowest BCUT2D eigenvalue weighted by Gasteiger charge is -2.55. The number of anilines is 1. The third-order valence-electron chi connectivity index (χ3n) is 6.52. The average molecular weight is 356 g/mol. The van der Waals surface area contributed by atoms with Crippen LogP contribution in [0, 0.1) is 5.82 Å². The number of halogens is 1. The fraction of sp³-hybridized carbons (Fsp3) is 0.476. The van der Waals surface area contributed by atoms with Crippen LogP contribution in [0.2, 0.25) is 0 Å². The van der Waals surface area contributed by atoms with Gasteiger partial charge in [0, 0.05) is 22.7 Å². The summed E-state index contributed by atoms with van der Waals surface area (Å²) in [4.78, 5) is 4.38. The number of ether oxygens (including phenoxy) is 1. The molecule has 2 heterocycles. The zero-order chi connectivity index (χ0) is 18.7. The van der Waals surface area contributed by atoms with E-state index in [9.17, 15) is 9.50 Å². The fourth-order valence-electron chi connectivity index (χ4n) is 4.99.